The number of hydrogen-bond acceptors (Lipinski definition) is 6. The lowest BCUT2D eigenvalue weighted by Crippen LogP contribution is -2.30. The van der Waals surface area contributed by atoms with Crippen molar-refractivity contribution >= 4 is 17.6 Å². The van der Waals surface area contributed by atoms with Crippen LogP contribution >= 0.6 is 11.6 Å². The molecule has 2 aromatic rings. The molecule has 3 atom stereocenters. The summed E-state index contributed by atoms with van der Waals surface area (Å²) in [6, 6.07) is 7.53. The normalized spacial score (nSPS) is 14.0. The number of alkyl halides is 1. The summed E-state index contributed by atoms with van der Waals surface area (Å²) < 4.78 is 18.0. The van der Waals surface area contributed by atoms with Gasteiger partial charge in [0.25, 0.3) is 0 Å². The van der Waals surface area contributed by atoms with Crippen molar-refractivity contribution in [2.24, 2.45) is 5.92 Å². The van der Waals surface area contributed by atoms with Gasteiger partial charge in [0.2, 0.25) is 11.6 Å². The van der Waals surface area contributed by atoms with Gasteiger partial charge in [-0.2, -0.15) is 0 Å². The van der Waals surface area contributed by atoms with Crippen molar-refractivity contribution in [2.45, 2.75) is 45.2 Å². The molecule has 0 N–H and O–H groups in total. The van der Waals surface area contributed by atoms with Crippen molar-refractivity contribution < 1.29 is 19.0 Å². The van der Waals surface area contributed by atoms with Crippen LogP contribution in [-0.4, -0.2) is 46.2 Å². The lowest BCUT2D eigenvalue weighted by Gasteiger charge is -2.25. The molecule has 0 bridgehead atoms. The van der Waals surface area contributed by atoms with Crippen molar-refractivity contribution in [3.8, 4) is 11.6 Å². The van der Waals surface area contributed by atoms with E-state index in [1.807, 2.05) is 38.1 Å². The molecule has 158 valence electrons. The number of esters is 1. The Morgan fingerprint density at radius 3 is 2.55 bits per heavy atom. The van der Waals surface area contributed by atoms with Crippen LogP contribution in [0.25, 0.3) is 0 Å². The fraction of sp³-hybridized carbons (Fsp3) is 0.476. The fourth-order valence-electron chi connectivity index (χ4n) is 2.83. The number of methoxy groups -OCH3 is 1. The average molecular weight is 422 g/mol. The number of aromatic nitrogens is 3. The highest BCUT2D eigenvalue weighted by molar-refractivity contribution is 6.20. The number of hydrogen-bond donors (Lipinski definition) is 0. The summed E-state index contributed by atoms with van der Waals surface area (Å²) in [5, 5.41) is 8.01. The lowest BCUT2D eigenvalue weighted by molar-refractivity contribution is 0.0510. The summed E-state index contributed by atoms with van der Waals surface area (Å²) in [5.74, 6) is 0.371. The first-order chi connectivity index (χ1) is 13.9. The van der Waals surface area contributed by atoms with Crippen LogP contribution in [0.2, 0.25) is 0 Å². The second-order valence-electron chi connectivity index (χ2n) is 6.57. The Kier molecular flexibility index (Phi) is 8.51. The van der Waals surface area contributed by atoms with Crippen LogP contribution in [0.4, 0.5) is 0 Å². The summed E-state index contributed by atoms with van der Waals surface area (Å²) in [6.07, 6.45) is 2.04. The zero-order chi connectivity index (χ0) is 21.4. The molecule has 7 nitrogen and oxygen atoms in total. The maximum Gasteiger partial charge on any atom is 0.364 e. The maximum atomic E-state index is 12.4. The van der Waals surface area contributed by atoms with Gasteiger partial charge in [-0.25, -0.2) is 9.48 Å². The standard InChI is InChI=1S/C21H28ClN3O4/c1-6-17(22)14(4)18(7-2)29-20-19(21(26)28-8-3)23-24-25(20)13-15-9-11-16(27-5)12-10-15/h7,9-12,14,17-18H,2,6,8,13H2,1,3-5H3/t14-,17+,18?/m1/s1. The molecule has 0 saturated carbocycles. The molecule has 0 spiro atoms. The monoisotopic (exact) mass is 421 g/mol. The minimum Gasteiger partial charge on any atom is -0.497 e. The molecule has 0 aliphatic heterocycles. The van der Waals surface area contributed by atoms with Crippen LogP contribution in [0.3, 0.4) is 0 Å². The number of ether oxygens (including phenoxy) is 3. The number of carbonyl (C=O) groups is 1. The Morgan fingerprint density at radius 2 is 2.00 bits per heavy atom. The third-order valence-electron chi connectivity index (χ3n) is 4.61. The molecule has 8 heteroatoms. The highest BCUT2D eigenvalue weighted by Gasteiger charge is 2.29. The van der Waals surface area contributed by atoms with Crippen LogP contribution in [0, 0.1) is 5.92 Å². The molecular formula is C21H28ClN3O4. The Bertz CT molecular complexity index is 807. The van der Waals surface area contributed by atoms with Gasteiger partial charge in [0.05, 0.1) is 20.3 Å². The van der Waals surface area contributed by atoms with Crippen molar-refractivity contribution in [1.82, 2.24) is 15.0 Å². The summed E-state index contributed by atoms with van der Waals surface area (Å²) in [4.78, 5) is 12.4. The van der Waals surface area contributed by atoms with Crippen LogP contribution < -0.4 is 9.47 Å². The molecule has 1 heterocycles. The second kappa shape index (κ2) is 10.9. The molecule has 29 heavy (non-hydrogen) atoms. The van der Waals surface area contributed by atoms with Gasteiger partial charge in [0, 0.05) is 11.3 Å². The van der Waals surface area contributed by atoms with Gasteiger partial charge in [-0.1, -0.05) is 43.8 Å². The summed E-state index contributed by atoms with van der Waals surface area (Å²) in [7, 11) is 1.61. The lowest BCUT2D eigenvalue weighted by atomic mass is 9.99. The van der Waals surface area contributed by atoms with E-state index in [2.05, 4.69) is 16.9 Å². The SMILES string of the molecule is C=CC(Oc1c(C(=O)OCC)nnn1Cc1ccc(OC)cc1)[C@H](C)[C@@H](Cl)CC. The molecular weight excluding hydrogens is 394 g/mol. The highest BCUT2D eigenvalue weighted by Crippen LogP contribution is 2.26. The third kappa shape index (κ3) is 5.73. The van der Waals surface area contributed by atoms with Crippen molar-refractivity contribution in [3.05, 3.63) is 48.2 Å². The van der Waals surface area contributed by atoms with Gasteiger partial charge in [0.1, 0.15) is 11.9 Å². The van der Waals surface area contributed by atoms with E-state index < -0.39 is 12.1 Å². The molecule has 0 saturated heterocycles. The molecule has 0 amide bonds. The van der Waals surface area contributed by atoms with E-state index in [4.69, 9.17) is 25.8 Å². The first-order valence-corrected chi connectivity index (χ1v) is 10.1. The zero-order valence-corrected chi connectivity index (χ0v) is 18.1. The molecule has 1 aromatic heterocycles. The van der Waals surface area contributed by atoms with E-state index in [1.54, 1.807) is 20.1 Å². The first kappa shape index (κ1) is 22.7. The van der Waals surface area contributed by atoms with Gasteiger partial charge in [-0.05, 0) is 31.0 Å². The Hall–Kier alpha value is -2.54. The number of nitrogens with zero attached hydrogens (tertiary/aromatic N) is 3. The van der Waals surface area contributed by atoms with Crippen LogP contribution in [0.1, 0.15) is 43.2 Å². The highest BCUT2D eigenvalue weighted by atomic mass is 35.5. The second-order valence-corrected chi connectivity index (χ2v) is 7.13. The number of benzene rings is 1. The smallest absolute Gasteiger partial charge is 0.364 e. The number of rotatable bonds is 11. The molecule has 0 aliphatic rings. The third-order valence-corrected chi connectivity index (χ3v) is 5.31. The van der Waals surface area contributed by atoms with Crippen LogP contribution in [0.15, 0.2) is 36.9 Å². The Balaban J connectivity index is 2.35. The largest absolute Gasteiger partial charge is 0.497 e. The summed E-state index contributed by atoms with van der Waals surface area (Å²) in [6.45, 7) is 10.2. The quantitative estimate of drug-likeness (QED) is 0.309. The zero-order valence-electron chi connectivity index (χ0n) is 17.3. The van der Waals surface area contributed by atoms with Gasteiger partial charge in [-0.15, -0.1) is 16.7 Å². The number of halogens is 1. The van der Waals surface area contributed by atoms with E-state index in [1.165, 1.54) is 4.68 Å². The van der Waals surface area contributed by atoms with E-state index >= 15 is 0 Å². The van der Waals surface area contributed by atoms with Gasteiger partial charge in [-0.3, -0.25) is 0 Å². The molecule has 1 unspecified atom stereocenters. The van der Waals surface area contributed by atoms with Gasteiger partial charge < -0.3 is 14.2 Å². The maximum absolute atomic E-state index is 12.4. The average Bonchev–Trinajstić information content (AvgIpc) is 3.13. The van der Waals surface area contributed by atoms with Crippen molar-refractivity contribution in [2.75, 3.05) is 13.7 Å². The predicted molar refractivity (Wildman–Crippen MR) is 112 cm³/mol. The van der Waals surface area contributed by atoms with Crippen molar-refractivity contribution in [1.29, 1.82) is 0 Å². The number of carbonyl (C=O) groups excluding carboxylic acids is 1. The van der Waals surface area contributed by atoms with Gasteiger partial charge in [0.15, 0.2) is 0 Å². The molecule has 0 fully saturated rings. The Morgan fingerprint density at radius 1 is 1.31 bits per heavy atom. The molecule has 2 rings (SSSR count). The van der Waals surface area contributed by atoms with E-state index in [0.717, 1.165) is 17.7 Å². The fourth-order valence-corrected chi connectivity index (χ4v) is 2.98. The predicted octanol–water partition coefficient (Wildman–Crippen LogP) is 4.10. The van der Waals surface area contributed by atoms with Crippen molar-refractivity contribution in [3.63, 3.8) is 0 Å². The summed E-state index contributed by atoms with van der Waals surface area (Å²) >= 11 is 6.41. The molecule has 0 aliphatic carbocycles. The van der Waals surface area contributed by atoms with Gasteiger partial charge >= 0.3 is 5.97 Å². The van der Waals surface area contributed by atoms with E-state index in [9.17, 15) is 4.79 Å². The Labute approximate surface area is 176 Å². The van der Waals surface area contributed by atoms with E-state index in [-0.39, 0.29) is 29.5 Å². The first-order valence-electron chi connectivity index (χ1n) is 9.61. The molecule has 1 aromatic carbocycles. The van der Waals surface area contributed by atoms with Crippen LogP contribution in [-0.2, 0) is 11.3 Å². The molecule has 0 radical (unpaired) electrons. The topological polar surface area (TPSA) is 75.5 Å². The minimum atomic E-state index is -0.586. The van der Waals surface area contributed by atoms with E-state index in [0.29, 0.717) is 6.54 Å². The van der Waals surface area contributed by atoms with Crippen LogP contribution in [0.5, 0.6) is 11.6 Å². The summed E-state index contributed by atoms with van der Waals surface area (Å²) in [5.41, 5.74) is 0.977. The minimum absolute atomic E-state index is 0.0291.